The first-order valence-corrected chi connectivity index (χ1v) is 28.2. The number of fused-ring (bicyclic) bond motifs is 10. The largest absolute Gasteiger partial charge is 0.0616 e. The molecular formula is C80H70. The van der Waals surface area contributed by atoms with E-state index < -0.39 is 0 Å². The van der Waals surface area contributed by atoms with Crippen LogP contribution in [0, 0.1) is 69.2 Å². The summed E-state index contributed by atoms with van der Waals surface area (Å²) in [6.45, 7) is 21.7. The zero-order valence-corrected chi connectivity index (χ0v) is 48.1. The summed E-state index contributed by atoms with van der Waals surface area (Å²) in [5, 5.41) is 26.9. The second kappa shape index (κ2) is 22.7. The Morgan fingerprint density at radius 2 is 0.438 bits per heavy atom. The molecule has 0 saturated heterocycles. The lowest BCUT2D eigenvalue weighted by molar-refractivity contribution is 1.49. The number of hydrogen-bond acceptors (Lipinski definition) is 0. The van der Waals surface area contributed by atoms with E-state index in [4.69, 9.17) is 0 Å². The van der Waals surface area contributed by atoms with Gasteiger partial charge in [-0.3, -0.25) is 0 Å². The van der Waals surface area contributed by atoms with Gasteiger partial charge in [-0.1, -0.05) is 205 Å². The molecule has 0 atom stereocenters. The van der Waals surface area contributed by atoms with E-state index in [1.165, 1.54) is 163 Å². The van der Waals surface area contributed by atoms with Crippen molar-refractivity contribution >= 4 is 108 Å². The van der Waals surface area contributed by atoms with Crippen LogP contribution in [0.3, 0.4) is 0 Å². The van der Waals surface area contributed by atoms with Gasteiger partial charge >= 0.3 is 0 Å². The molecule has 0 unspecified atom stereocenters. The molecule has 0 fully saturated rings. The van der Waals surface area contributed by atoms with Crippen LogP contribution in [0.5, 0.6) is 0 Å². The normalized spacial score (nSPS) is 11.1. The van der Waals surface area contributed by atoms with Crippen LogP contribution < -0.4 is 0 Å². The Labute approximate surface area is 472 Å². The van der Waals surface area contributed by atoms with Crippen LogP contribution in [0.15, 0.2) is 243 Å². The molecule has 0 heterocycles. The topological polar surface area (TPSA) is 0 Å². The average Bonchev–Trinajstić information content (AvgIpc) is 3.63. The first-order valence-electron chi connectivity index (χ1n) is 28.2. The highest BCUT2D eigenvalue weighted by Crippen LogP contribution is 2.32. The number of benzene rings is 15. The summed E-state index contributed by atoms with van der Waals surface area (Å²) in [6.07, 6.45) is 0. The summed E-state index contributed by atoms with van der Waals surface area (Å²) in [5.41, 5.74) is 13.5. The van der Waals surface area contributed by atoms with Gasteiger partial charge in [0.2, 0.25) is 0 Å². The van der Waals surface area contributed by atoms with Crippen molar-refractivity contribution in [1.82, 2.24) is 0 Å². The lowest BCUT2D eigenvalue weighted by Crippen LogP contribution is -1.85. The van der Waals surface area contributed by atoms with Crippen molar-refractivity contribution < 1.29 is 0 Å². The molecule has 0 amide bonds. The van der Waals surface area contributed by atoms with Crippen LogP contribution in [-0.2, 0) is 0 Å². The van der Waals surface area contributed by atoms with E-state index in [0.717, 1.165) is 0 Å². The van der Waals surface area contributed by atoms with E-state index in [9.17, 15) is 0 Å². The Morgan fingerprint density at radius 3 is 0.863 bits per heavy atom. The maximum absolute atomic E-state index is 2.31. The quantitative estimate of drug-likeness (QED) is 0.133. The Kier molecular flexibility index (Phi) is 15.0. The molecule has 15 aromatic rings. The highest BCUT2D eigenvalue weighted by atomic mass is 14.1. The van der Waals surface area contributed by atoms with Gasteiger partial charge in [-0.2, -0.15) is 0 Å². The van der Waals surface area contributed by atoms with Crippen LogP contribution >= 0.6 is 0 Å². The van der Waals surface area contributed by atoms with Crippen LogP contribution in [-0.4, -0.2) is 0 Å². The minimum absolute atomic E-state index is 1.32. The molecule has 80 heavy (non-hydrogen) atoms. The maximum atomic E-state index is 2.31. The number of rotatable bonds is 0. The maximum Gasteiger partial charge on any atom is -0.0119 e. The SMILES string of the molecule is Cc1ccc2cc3c(C)cccc3cc2c1.Cc1ccc2cc3cccc(C)c3cc2c1.Cc1ccc2cc3cccc(C)c3cc2c1.Cc1cccc2cc3cccc(C)c3cc12.Cc1cccc2cc3ccccc3c(C)c12. The third kappa shape index (κ3) is 11.1. The van der Waals surface area contributed by atoms with E-state index in [-0.39, 0.29) is 0 Å². The van der Waals surface area contributed by atoms with E-state index in [1.807, 2.05) is 0 Å². The third-order valence-electron chi connectivity index (χ3n) is 16.3. The van der Waals surface area contributed by atoms with Crippen molar-refractivity contribution in [3.63, 3.8) is 0 Å². The molecule has 15 aromatic carbocycles. The van der Waals surface area contributed by atoms with Crippen molar-refractivity contribution in [2.45, 2.75) is 69.2 Å². The van der Waals surface area contributed by atoms with Gasteiger partial charge < -0.3 is 0 Å². The predicted molar refractivity (Wildman–Crippen MR) is 355 cm³/mol. The average molecular weight is 1030 g/mol. The second-order valence-corrected chi connectivity index (χ2v) is 22.3. The molecule has 0 spiro atoms. The highest BCUT2D eigenvalue weighted by molar-refractivity contribution is 6.05. The van der Waals surface area contributed by atoms with E-state index >= 15 is 0 Å². The minimum atomic E-state index is 1.32. The van der Waals surface area contributed by atoms with Crippen molar-refractivity contribution in [2.24, 2.45) is 0 Å². The van der Waals surface area contributed by atoms with Crippen LogP contribution in [0.25, 0.3) is 108 Å². The van der Waals surface area contributed by atoms with Gasteiger partial charge in [-0.25, -0.2) is 0 Å². The molecule has 15 rings (SSSR count). The fourth-order valence-corrected chi connectivity index (χ4v) is 11.9. The Balaban J connectivity index is 0.000000105. The Bertz CT molecular complexity index is 4590. The zero-order valence-electron chi connectivity index (χ0n) is 48.1. The summed E-state index contributed by atoms with van der Waals surface area (Å²) in [7, 11) is 0. The molecule has 0 heteroatoms. The van der Waals surface area contributed by atoms with E-state index in [1.54, 1.807) is 0 Å². The van der Waals surface area contributed by atoms with Crippen molar-refractivity contribution in [1.29, 1.82) is 0 Å². The molecule has 390 valence electrons. The molecule has 0 aromatic heterocycles. The first kappa shape index (κ1) is 52.9. The van der Waals surface area contributed by atoms with Gasteiger partial charge in [0, 0.05) is 0 Å². The van der Waals surface area contributed by atoms with Crippen LogP contribution in [0.1, 0.15) is 55.6 Å². The lowest BCUT2D eigenvalue weighted by Gasteiger charge is -2.09. The molecule has 0 nitrogen and oxygen atoms in total. The van der Waals surface area contributed by atoms with Gasteiger partial charge in [0.25, 0.3) is 0 Å². The summed E-state index contributed by atoms with van der Waals surface area (Å²) in [4.78, 5) is 0. The molecule has 0 aliphatic heterocycles. The van der Waals surface area contributed by atoms with Crippen molar-refractivity contribution in [3.05, 3.63) is 298 Å². The van der Waals surface area contributed by atoms with E-state index in [2.05, 4.69) is 312 Å². The third-order valence-corrected chi connectivity index (χ3v) is 16.3. The minimum Gasteiger partial charge on any atom is -0.0616 e. The highest BCUT2D eigenvalue weighted by Gasteiger charge is 2.07. The fourth-order valence-electron chi connectivity index (χ4n) is 11.9. The van der Waals surface area contributed by atoms with Crippen molar-refractivity contribution in [2.75, 3.05) is 0 Å². The zero-order chi connectivity index (χ0) is 55.6. The van der Waals surface area contributed by atoms with E-state index in [0.29, 0.717) is 0 Å². The van der Waals surface area contributed by atoms with Gasteiger partial charge in [0.05, 0.1) is 0 Å². The lowest BCUT2D eigenvalue weighted by atomic mass is 9.95. The second-order valence-electron chi connectivity index (χ2n) is 22.3. The Hall–Kier alpha value is -9.10. The summed E-state index contributed by atoms with van der Waals surface area (Å²) < 4.78 is 0. The summed E-state index contributed by atoms with van der Waals surface area (Å²) in [5.74, 6) is 0. The molecule has 0 radical (unpaired) electrons. The molecule has 0 N–H and O–H groups in total. The molecule has 0 saturated carbocycles. The first-order chi connectivity index (χ1) is 38.7. The summed E-state index contributed by atoms with van der Waals surface area (Å²) >= 11 is 0. The molecule has 0 aliphatic carbocycles. The molecule has 0 aliphatic rings. The predicted octanol–water partition coefficient (Wildman–Crippen LogP) is 23.0. The van der Waals surface area contributed by atoms with Gasteiger partial charge in [0.1, 0.15) is 0 Å². The number of hydrogen-bond donors (Lipinski definition) is 0. The molecule has 0 bridgehead atoms. The van der Waals surface area contributed by atoms with Crippen LogP contribution in [0.2, 0.25) is 0 Å². The van der Waals surface area contributed by atoms with Gasteiger partial charge in [0.15, 0.2) is 0 Å². The van der Waals surface area contributed by atoms with Crippen LogP contribution in [0.4, 0.5) is 0 Å². The molecular weight excluding hydrogens is 961 g/mol. The van der Waals surface area contributed by atoms with Crippen molar-refractivity contribution in [3.8, 4) is 0 Å². The number of aryl methyl sites for hydroxylation is 10. The summed E-state index contributed by atoms with van der Waals surface area (Å²) in [6, 6.07) is 88.0. The smallest absolute Gasteiger partial charge is 0.0119 e. The fraction of sp³-hybridized carbons (Fsp3) is 0.125. The Morgan fingerprint density at radius 1 is 0.163 bits per heavy atom. The monoisotopic (exact) mass is 1030 g/mol. The standard InChI is InChI=1S/5C16H14/c1-11-5-3-7-13-9-14-8-4-6-12(2)16(14)10-15(11)13;1-11-6-5-8-14-10-13-7-3-4-9-15(13)12(2)16(11)14;1-11-6-7-13-10-16-12(2)4-3-5-14(16)9-15(13)8-11;2*1-11-6-7-13-9-14-5-3-4-12(2)16(14)10-15(13)8-11/h5*3-10H,1-2H3. The van der Waals surface area contributed by atoms with Gasteiger partial charge in [-0.05, 0) is 271 Å². The van der Waals surface area contributed by atoms with Gasteiger partial charge in [-0.15, -0.1) is 0 Å².